The van der Waals surface area contributed by atoms with Crippen LogP contribution in [0, 0.1) is 0 Å². The summed E-state index contributed by atoms with van der Waals surface area (Å²) in [7, 11) is -1.97. The Morgan fingerprint density at radius 3 is 2.21 bits per heavy atom. The van der Waals surface area contributed by atoms with Crippen LogP contribution in [0.5, 0.6) is 0 Å². The van der Waals surface area contributed by atoms with Crippen molar-refractivity contribution in [1.29, 1.82) is 0 Å². The second-order valence-corrected chi connectivity index (χ2v) is 7.64. The standard InChI is InChI=1S/C16H27N3O3S.ClH/c1-5-10-17-11-12-18-16(20)14-6-8-15(9-7-14)23(21,22)19(4)13(2)3;/h6-9,13,17H,5,10-12H2,1-4H3,(H,18,20);1H. The van der Waals surface area contributed by atoms with E-state index < -0.39 is 10.0 Å². The molecule has 0 radical (unpaired) electrons. The maximum atomic E-state index is 12.3. The molecule has 0 bridgehead atoms. The number of amides is 1. The number of sulfonamides is 1. The molecule has 1 aromatic carbocycles. The molecule has 0 aliphatic carbocycles. The molecule has 0 heterocycles. The van der Waals surface area contributed by atoms with E-state index >= 15 is 0 Å². The first-order chi connectivity index (χ1) is 10.8. The van der Waals surface area contributed by atoms with Crippen molar-refractivity contribution in [1.82, 2.24) is 14.9 Å². The van der Waals surface area contributed by atoms with Crippen LogP contribution >= 0.6 is 12.4 Å². The lowest BCUT2D eigenvalue weighted by Crippen LogP contribution is -2.33. The highest BCUT2D eigenvalue weighted by atomic mass is 35.5. The SMILES string of the molecule is CCCNCCNC(=O)c1ccc(S(=O)(=O)N(C)C(C)C)cc1.Cl. The lowest BCUT2D eigenvalue weighted by Gasteiger charge is -2.21. The molecule has 0 aliphatic heterocycles. The van der Waals surface area contributed by atoms with E-state index in [-0.39, 0.29) is 29.3 Å². The van der Waals surface area contributed by atoms with Gasteiger partial charge in [-0.1, -0.05) is 6.92 Å². The van der Waals surface area contributed by atoms with Crippen LogP contribution in [0.4, 0.5) is 0 Å². The van der Waals surface area contributed by atoms with Gasteiger partial charge in [0.05, 0.1) is 4.90 Å². The molecule has 1 rings (SSSR count). The van der Waals surface area contributed by atoms with Gasteiger partial charge in [0, 0.05) is 31.7 Å². The first kappa shape index (κ1) is 22.9. The molecular weight excluding hydrogens is 350 g/mol. The summed E-state index contributed by atoms with van der Waals surface area (Å²) in [6, 6.07) is 5.89. The molecule has 0 saturated carbocycles. The van der Waals surface area contributed by atoms with Gasteiger partial charge in [-0.15, -0.1) is 12.4 Å². The molecule has 0 fully saturated rings. The highest BCUT2D eigenvalue weighted by Gasteiger charge is 2.23. The number of rotatable bonds is 9. The van der Waals surface area contributed by atoms with Gasteiger partial charge in [-0.05, 0) is 51.1 Å². The van der Waals surface area contributed by atoms with Gasteiger partial charge in [0.25, 0.3) is 5.91 Å². The molecule has 0 aromatic heterocycles. The number of carbonyl (C=O) groups is 1. The fourth-order valence-corrected chi connectivity index (χ4v) is 3.26. The zero-order chi connectivity index (χ0) is 17.5. The molecule has 8 heteroatoms. The first-order valence-corrected chi connectivity index (χ1v) is 9.31. The smallest absolute Gasteiger partial charge is 0.251 e. The topological polar surface area (TPSA) is 78.5 Å². The molecule has 0 unspecified atom stereocenters. The molecule has 0 atom stereocenters. The molecule has 6 nitrogen and oxygen atoms in total. The largest absolute Gasteiger partial charge is 0.351 e. The maximum Gasteiger partial charge on any atom is 0.251 e. The van der Waals surface area contributed by atoms with E-state index in [9.17, 15) is 13.2 Å². The normalized spacial score (nSPS) is 11.4. The third-order valence-corrected chi connectivity index (χ3v) is 5.58. The van der Waals surface area contributed by atoms with Gasteiger partial charge < -0.3 is 10.6 Å². The summed E-state index contributed by atoms with van der Waals surface area (Å²) in [6.07, 6.45) is 1.05. The molecule has 24 heavy (non-hydrogen) atoms. The predicted octanol–water partition coefficient (Wildman–Crippen LogP) is 1.87. The van der Waals surface area contributed by atoms with E-state index in [0.717, 1.165) is 13.0 Å². The Kier molecular flexibility index (Phi) is 10.1. The van der Waals surface area contributed by atoms with Gasteiger partial charge in [0.1, 0.15) is 0 Å². The van der Waals surface area contributed by atoms with Crippen molar-refractivity contribution in [3.63, 3.8) is 0 Å². The van der Waals surface area contributed by atoms with E-state index in [1.165, 1.54) is 28.6 Å². The van der Waals surface area contributed by atoms with Crippen molar-refractivity contribution < 1.29 is 13.2 Å². The van der Waals surface area contributed by atoms with Gasteiger partial charge in [0.2, 0.25) is 10.0 Å². The van der Waals surface area contributed by atoms with Crippen molar-refractivity contribution in [2.24, 2.45) is 0 Å². The molecule has 2 N–H and O–H groups in total. The van der Waals surface area contributed by atoms with Gasteiger partial charge in [0.15, 0.2) is 0 Å². The van der Waals surface area contributed by atoms with E-state index in [1.54, 1.807) is 7.05 Å². The predicted molar refractivity (Wildman–Crippen MR) is 99.3 cm³/mol. The van der Waals surface area contributed by atoms with E-state index in [0.29, 0.717) is 18.7 Å². The van der Waals surface area contributed by atoms with Crippen LogP contribution in [-0.2, 0) is 10.0 Å². The average molecular weight is 378 g/mol. The summed E-state index contributed by atoms with van der Waals surface area (Å²) in [5, 5.41) is 5.99. The van der Waals surface area contributed by atoms with Crippen molar-refractivity contribution in [2.75, 3.05) is 26.7 Å². The summed E-state index contributed by atoms with van der Waals surface area (Å²) in [4.78, 5) is 12.2. The Bertz CT molecular complexity index is 603. The summed E-state index contributed by atoms with van der Waals surface area (Å²) >= 11 is 0. The number of hydrogen-bond donors (Lipinski definition) is 2. The second-order valence-electron chi connectivity index (χ2n) is 5.65. The van der Waals surface area contributed by atoms with Crippen LogP contribution in [0.1, 0.15) is 37.6 Å². The number of benzene rings is 1. The van der Waals surface area contributed by atoms with Crippen molar-refractivity contribution >= 4 is 28.3 Å². The summed E-state index contributed by atoms with van der Waals surface area (Å²) < 4.78 is 26.0. The third kappa shape index (κ3) is 6.39. The second kappa shape index (κ2) is 10.7. The highest BCUT2D eigenvalue weighted by Crippen LogP contribution is 2.17. The van der Waals surface area contributed by atoms with Crippen LogP contribution in [0.3, 0.4) is 0 Å². The number of nitrogens with zero attached hydrogens (tertiary/aromatic N) is 1. The molecule has 0 saturated heterocycles. The molecular formula is C16H28ClN3O3S. The van der Waals surface area contributed by atoms with Crippen molar-refractivity contribution in [3.05, 3.63) is 29.8 Å². The van der Waals surface area contributed by atoms with Gasteiger partial charge in [-0.3, -0.25) is 4.79 Å². The van der Waals surface area contributed by atoms with Gasteiger partial charge >= 0.3 is 0 Å². The Morgan fingerprint density at radius 2 is 1.71 bits per heavy atom. The Balaban J connectivity index is 0.00000529. The van der Waals surface area contributed by atoms with Crippen LogP contribution in [-0.4, -0.2) is 51.4 Å². The zero-order valence-corrected chi connectivity index (χ0v) is 16.3. The minimum atomic E-state index is -3.52. The molecule has 0 spiro atoms. The monoisotopic (exact) mass is 377 g/mol. The van der Waals surface area contributed by atoms with E-state index in [1.807, 2.05) is 13.8 Å². The fraction of sp³-hybridized carbons (Fsp3) is 0.562. The van der Waals surface area contributed by atoms with Gasteiger partial charge in [-0.25, -0.2) is 8.42 Å². The Morgan fingerprint density at radius 1 is 1.12 bits per heavy atom. The Hall–Kier alpha value is -1.15. The molecule has 0 aliphatic rings. The van der Waals surface area contributed by atoms with Crippen LogP contribution in [0.15, 0.2) is 29.2 Å². The summed E-state index contributed by atoms with van der Waals surface area (Å²) in [5.41, 5.74) is 0.451. The number of carbonyl (C=O) groups excluding carboxylic acids is 1. The van der Waals surface area contributed by atoms with Crippen molar-refractivity contribution in [3.8, 4) is 0 Å². The number of halogens is 1. The van der Waals surface area contributed by atoms with Gasteiger partial charge in [-0.2, -0.15) is 4.31 Å². The number of hydrogen-bond acceptors (Lipinski definition) is 4. The number of nitrogens with one attached hydrogen (secondary N) is 2. The Labute approximate surface area is 151 Å². The van der Waals surface area contributed by atoms with E-state index in [4.69, 9.17) is 0 Å². The highest BCUT2D eigenvalue weighted by molar-refractivity contribution is 7.89. The molecule has 138 valence electrons. The lowest BCUT2D eigenvalue weighted by molar-refractivity contribution is 0.0954. The minimum absolute atomic E-state index is 0. The minimum Gasteiger partial charge on any atom is -0.351 e. The fourth-order valence-electron chi connectivity index (χ4n) is 1.89. The summed E-state index contributed by atoms with van der Waals surface area (Å²) in [5.74, 6) is -0.204. The van der Waals surface area contributed by atoms with Crippen LogP contribution < -0.4 is 10.6 Å². The average Bonchev–Trinajstić information content (AvgIpc) is 2.53. The van der Waals surface area contributed by atoms with Crippen molar-refractivity contribution in [2.45, 2.75) is 38.1 Å². The van der Waals surface area contributed by atoms with Crippen LogP contribution in [0.25, 0.3) is 0 Å². The maximum absolute atomic E-state index is 12.3. The lowest BCUT2D eigenvalue weighted by atomic mass is 10.2. The quantitative estimate of drug-likeness (QED) is 0.644. The van der Waals surface area contributed by atoms with Crippen LogP contribution in [0.2, 0.25) is 0 Å². The first-order valence-electron chi connectivity index (χ1n) is 7.87. The molecule has 1 amide bonds. The summed E-state index contributed by atoms with van der Waals surface area (Å²) in [6.45, 7) is 7.88. The molecule has 1 aromatic rings. The third-order valence-electron chi connectivity index (χ3n) is 3.53. The van der Waals surface area contributed by atoms with E-state index in [2.05, 4.69) is 17.6 Å². The zero-order valence-electron chi connectivity index (χ0n) is 14.7.